The Morgan fingerprint density at radius 3 is 2.82 bits per heavy atom. The first-order valence-corrected chi connectivity index (χ1v) is 7.24. The fraction of sp³-hybridized carbons (Fsp3) is 0.500. The topological polar surface area (TPSA) is 29.1 Å². The van der Waals surface area contributed by atoms with Crippen LogP contribution >= 0.6 is 11.8 Å². The van der Waals surface area contributed by atoms with Crippen LogP contribution in [0.5, 0.6) is 0 Å². The molecule has 0 atom stereocenters. The van der Waals surface area contributed by atoms with Crippen molar-refractivity contribution < 1.29 is 4.79 Å². The van der Waals surface area contributed by atoms with Crippen LogP contribution in [0.2, 0.25) is 0 Å². The molecule has 17 heavy (non-hydrogen) atoms. The predicted molar refractivity (Wildman–Crippen MR) is 71.4 cm³/mol. The van der Waals surface area contributed by atoms with Gasteiger partial charge in [0.25, 0.3) is 0 Å². The Balaban J connectivity index is 1.99. The monoisotopic (exact) mass is 247 g/mol. The van der Waals surface area contributed by atoms with Crippen LogP contribution in [0.1, 0.15) is 31.2 Å². The van der Waals surface area contributed by atoms with Crippen molar-refractivity contribution in [2.45, 2.75) is 37.5 Å². The second-order valence-electron chi connectivity index (χ2n) is 5.18. The maximum atomic E-state index is 12.4. The quantitative estimate of drug-likeness (QED) is 0.759. The first kappa shape index (κ1) is 11.1. The highest BCUT2D eigenvalue weighted by atomic mass is 32.2. The fourth-order valence-corrected chi connectivity index (χ4v) is 4.31. The second-order valence-corrected chi connectivity index (χ2v) is 6.17. The van der Waals surface area contributed by atoms with Crippen LogP contribution in [0.25, 0.3) is 0 Å². The molecule has 1 aromatic carbocycles. The molecule has 1 fully saturated rings. The summed E-state index contributed by atoms with van der Waals surface area (Å²) in [5.41, 5.74) is 2.17. The number of thioether (sulfide) groups is 1. The number of rotatable bonds is 0. The Morgan fingerprint density at radius 1 is 1.29 bits per heavy atom. The maximum Gasteiger partial charge on any atom is 0.231 e. The molecule has 1 saturated carbocycles. The van der Waals surface area contributed by atoms with Crippen molar-refractivity contribution in [2.75, 3.05) is 11.1 Å². The molecule has 1 aliphatic heterocycles. The molecule has 0 aromatic heterocycles. The number of hydrogen-bond donors (Lipinski definition) is 1. The third-order valence-corrected chi connectivity index (χ3v) is 5.52. The van der Waals surface area contributed by atoms with E-state index in [-0.39, 0.29) is 11.3 Å². The van der Waals surface area contributed by atoms with Gasteiger partial charge in [-0.25, -0.2) is 0 Å². The van der Waals surface area contributed by atoms with Gasteiger partial charge < -0.3 is 5.32 Å². The summed E-state index contributed by atoms with van der Waals surface area (Å²) in [7, 11) is 0. The van der Waals surface area contributed by atoms with Gasteiger partial charge in [0.05, 0.1) is 11.1 Å². The van der Waals surface area contributed by atoms with Crippen LogP contribution in [0, 0.1) is 12.3 Å². The molecule has 0 bridgehead atoms. The van der Waals surface area contributed by atoms with Gasteiger partial charge in [-0.05, 0) is 31.4 Å². The van der Waals surface area contributed by atoms with E-state index < -0.39 is 0 Å². The molecule has 0 unspecified atom stereocenters. The SMILES string of the molecule is Cc1cccc2c1SCC1(CCCC1)C(=O)N2. The van der Waals surface area contributed by atoms with Gasteiger partial charge in [0.2, 0.25) is 5.91 Å². The molecule has 3 heteroatoms. The molecule has 2 nitrogen and oxygen atoms in total. The van der Waals surface area contributed by atoms with Gasteiger partial charge in [0.1, 0.15) is 0 Å². The van der Waals surface area contributed by atoms with Gasteiger partial charge in [-0.3, -0.25) is 4.79 Å². The lowest BCUT2D eigenvalue weighted by atomic mass is 9.87. The highest BCUT2D eigenvalue weighted by molar-refractivity contribution is 7.99. The first-order valence-electron chi connectivity index (χ1n) is 6.25. The highest BCUT2D eigenvalue weighted by Crippen LogP contribution is 2.47. The molecule has 90 valence electrons. The molecular formula is C14H17NOS. The number of carbonyl (C=O) groups is 1. The lowest BCUT2D eigenvalue weighted by Gasteiger charge is -2.24. The molecule has 1 amide bonds. The molecule has 2 aliphatic rings. The summed E-state index contributed by atoms with van der Waals surface area (Å²) < 4.78 is 0. The minimum atomic E-state index is -0.101. The van der Waals surface area contributed by atoms with E-state index in [9.17, 15) is 4.79 Å². The Kier molecular flexibility index (Phi) is 2.66. The average molecular weight is 247 g/mol. The molecule has 1 aliphatic carbocycles. The molecular weight excluding hydrogens is 230 g/mol. The third-order valence-electron chi connectivity index (χ3n) is 4.00. The summed E-state index contributed by atoms with van der Waals surface area (Å²) in [6.45, 7) is 2.12. The minimum absolute atomic E-state index is 0.101. The number of fused-ring (bicyclic) bond motifs is 1. The summed E-state index contributed by atoms with van der Waals surface area (Å²) in [6, 6.07) is 6.15. The maximum absolute atomic E-state index is 12.4. The van der Waals surface area contributed by atoms with E-state index in [0.717, 1.165) is 24.3 Å². The Labute approximate surface area is 106 Å². The van der Waals surface area contributed by atoms with Crippen LogP contribution in [0.4, 0.5) is 5.69 Å². The van der Waals surface area contributed by atoms with Gasteiger partial charge >= 0.3 is 0 Å². The van der Waals surface area contributed by atoms with E-state index in [4.69, 9.17) is 0 Å². The fourth-order valence-electron chi connectivity index (χ4n) is 2.90. The normalized spacial score (nSPS) is 22.1. The summed E-state index contributed by atoms with van der Waals surface area (Å²) in [5.74, 6) is 1.18. The Hall–Kier alpha value is -0.960. The van der Waals surface area contributed by atoms with Crippen LogP contribution in [0.15, 0.2) is 23.1 Å². The van der Waals surface area contributed by atoms with Gasteiger partial charge in [-0.2, -0.15) is 0 Å². The van der Waals surface area contributed by atoms with Crippen molar-refractivity contribution in [3.63, 3.8) is 0 Å². The zero-order valence-electron chi connectivity index (χ0n) is 10.1. The molecule has 0 radical (unpaired) electrons. The third kappa shape index (κ3) is 1.77. The van der Waals surface area contributed by atoms with Crippen LogP contribution in [-0.4, -0.2) is 11.7 Å². The lowest BCUT2D eigenvalue weighted by molar-refractivity contribution is -0.124. The van der Waals surface area contributed by atoms with Gasteiger partial charge in [0, 0.05) is 10.6 Å². The highest BCUT2D eigenvalue weighted by Gasteiger charge is 2.42. The Bertz CT molecular complexity index is 463. The van der Waals surface area contributed by atoms with Gasteiger partial charge in [0.15, 0.2) is 0 Å². The van der Waals surface area contributed by atoms with Crippen LogP contribution in [-0.2, 0) is 4.79 Å². The number of aryl methyl sites for hydroxylation is 1. The smallest absolute Gasteiger partial charge is 0.231 e. The van der Waals surface area contributed by atoms with Gasteiger partial charge in [-0.15, -0.1) is 11.8 Å². The minimum Gasteiger partial charge on any atom is -0.325 e. The van der Waals surface area contributed by atoms with E-state index in [1.54, 1.807) is 0 Å². The van der Waals surface area contributed by atoms with E-state index in [2.05, 4.69) is 18.3 Å². The molecule has 1 spiro atoms. The zero-order chi connectivity index (χ0) is 11.9. The molecule has 1 aromatic rings. The van der Waals surface area contributed by atoms with E-state index in [1.807, 2.05) is 23.9 Å². The number of anilines is 1. The van der Waals surface area contributed by atoms with Crippen molar-refractivity contribution in [3.8, 4) is 0 Å². The zero-order valence-corrected chi connectivity index (χ0v) is 10.9. The molecule has 0 saturated heterocycles. The van der Waals surface area contributed by atoms with E-state index >= 15 is 0 Å². The lowest BCUT2D eigenvalue weighted by Crippen LogP contribution is -2.34. The molecule has 1 heterocycles. The number of benzene rings is 1. The van der Waals surface area contributed by atoms with Crippen molar-refractivity contribution in [1.29, 1.82) is 0 Å². The second kappa shape index (κ2) is 4.05. The summed E-state index contributed by atoms with van der Waals surface area (Å²) >= 11 is 1.85. The largest absolute Gasteiger partial charge is 0.325 e. The van der Waals surface area contributed by atoms with E-state index in [0.29, 0.717) is 0 Å². The van der Waals surface area contributed by atoms with Gasteiger partial charge in [-0.1, -0.05) is 25.0 Å². The molecule has 1 N–H and O–H groups in total. The number of hydrogen-bond acceptors (Lipinski definition) is 2. The average Bonchev–Trinajstić information content (AvgIpc) is 2.72. The standard InChI is InChI=1S/C14H17NOS/c1-10-5-4-6-11-12(10)17-9-14(13(16)15-11)7-2-3-8-14/h4-6H,2-3,7-9H2,1H3,(H,15,16). The predicted octanol–water partition coefficient (Wildman–Crippen LogP) is 3.60. The van der Waals surface area contributed by atoms with Crippen molar-refractivity contribution in [3.05, 3.63) is 23.8 Å². The van der Waals surface area contributed by atoms with Crippen molar-refractivity contribution in [1.82, 2.24) is 0 Å². The molecule has 3 rings (SSSR count). The van der Waals surface area contributed by atoms with Crippen molar-refractivity contribution in [2.24, 2.45) is 5.41 Å². The number of nitrogens with one attached hydrogen (secondary N) is 1. The summed E-state index contributed by atoms with van der Waals surface area (Å²) in [5, 5.41) is 3.14. The summed E-state index contributed by atoms with van der Waals surface area (Å²) in [4.78, 5) is 13.6. The van der Waals surface area contributed by atoms with Crippen molar-refractivity contribution >= 4 is 23.4 Å². The first-order chi connectivity index (χ1) is 8.21. The number of carbonyl (C=O) groups excluding carboxylic acids is 1. The van der Waals surface area contributed by atoms with Crippen LogP contribution in [0.3, 0.4) is 0 Å². The summed E-state index contributed by atoms with van der Waals surface area (Å²) in [6.07, 6.45) is 4.50. The van der Waals surface area contributed by atoms with E-state index in [1.165, 1.54) is 23.3 Å². The Morgan fingerprint density at radius 2 is 2.06 bits per heavy atom. The van der Waals surface area contributed by atoms with Crippen LogP contribution < -0.4 is 5.32 Å². The number of amides is 1.